The van der Waals surface area contributed by atoms with E-state index in [-0.39, 0.29) is 0 Å². The second kappa shape index (κ2) is 7.41. The second-order valence-corrected chi connectivity index (χ2v) is 4.91. The summed E-state index contributed by atoms with van der Waals surface area (Å²) >= 11 is 0. The summed E-state index contributed by atoms with van der Waals surface area (Å²) in [6.07, 6.45) is 11.2. The van der Waals surface area contributed by atoms with Crippen LogP contribution in [-0.2, 0) is 0 Å². The van der Waals surface area contributed by atoms with Crippen LogP contribution < -0.4 is 11.1 Å². The maximum atomic E-state index is 7.24. The van der Waals surface area contributed by atoms with E-state index in [4.69, 9.17) is 11.1 Å². The minimum Gasteiger partial charge on any atom is -0.361 e. The van der Waals surface area contributed by atoms with E-state index < -0.39 is 0 Å². The third-order valence-electron chi connectivity index (χ3n) is 3.46. The molecule has 21 heavy (non-hydrogen) atoms. The number of benzene rings is 1. The first-order valence-corrected chi connectivity index (χ1v) is 7.06. The van der Waals surface area contributed by atoms with Crippen molar-refractivity contribution in [3.8, 4) is 0 Å². The summed E-state index contributed by atoms with van der Waals surface area (Å²) in [4.78, 5) is 0. The number of nitrogens with two attached hydrogens (primary N) is 1. The molecule has 1 aliphatic carbocycles. The lowest BCUT2D eigenvalue weighted by molar-refractivity contribution is 1.01. The highest BCUT2D eigenvalue weighted by Gasteiger charge is 2.07. The fourth-order valence-corrected chi connectivity index (χ4v) is 2.27. The molecule has 0 heterocycles. The molecule has 1 aliphatic rings. The Morgan fingerprint density at radius 2 is 2.29 bits per heavy atom. The zero-order valence-corrected chi connectivity index (χ0v) is 12.1. The van der Waals surface area contributed by atoms with E-state index in [1.807, 2.05) is 12.1 Å². The molecule has 3 nitrogen and oxygen atoms in total. The van der Waals surface area contributed by atoms with Crippen molar-refractivity contribution in [1.29, 1.82) is 5.41 Å². The number of hydrogen-bond acceptors (Lipinski definition) is 3. The van der Waals surface area contributed by atoms with E-state index >= 15 is 0 Å². The van der Waals surface area contributed by atoms with E-state index in [0.717, 1.165) is 24.1 Å². The van der Waals surface area contributed by atoms with Crippen LogP contribution in [0.5, 0.6) is 0 Å². The monoisotopic (exact) mass is 279 g/mol. The van der Waals surface area contributed by atoms with Crippen LogP contribution in [0.4, 0.5) is 5.69 Å². The van der Waals surface area contributed by atoms with Gasteiger partial charge in [-0.05, 0) is 41.7 Å². The number of rotatable bonds is 6. The SMILES string of the molecule is C=C/C(C=N)=C/Nc1cccc(C2=CC(CN)=CCC2)c1. The van der Waals surface area contributed by atoms with Crippen LogP contribution in [0.1, 0.15) is 18.4 Å². The van der Waals surface area contributed by atoms with Crippen LogP contribution in [0, 0.1) is 5.41 Å². The van der Waals surface area contributed by atoms with E-state index in [9.17, 15) is 0 Å². The Balaban J connectivity index is 2.20. The van der Waals surface area contributed by atoms with Crippen molar-refractivity contribution in [3.05, 3.63) is 72.0 Å². The molecule has 1 aromatic carbocycles. The van der Waals surface area contributed by atoms with Crippen LogP contribution in [0.3, 0.4) is 0 Å². The molecule has 4 N–H and O–H groups in total. The summed E-state index contributed by atoms with van der Waals surface area (Å²) in [5.74, 6) is 0. The maximum Gasteiger partial charge on any atom is 0.0386 e. The second-order valence-electron chi connectivity index (χ2n) is 4.91. The summed E-state index contributed by atoms with van der Waals surface area (Å²) < 4.78 is 0. The minimum absolute atomic E-state index is 0.589. The Hall–Kier alpha value is -2.39. The predicted octanol–water partition coefficient (Wildman–Crippen LogP) is 3.88. The third-order valence-corrected chi connectivity index (χ3v) is 3.46. The fraction of sp³-hybridized carbons (Fsp3) is 0.167. The smallest absolute Gasteiger partial charge is 0.0386 e. The molecule has 0 bridgehead atoms. The Bertz CT molecular complexity index is 611. The summed E-state index contributed by atoms with van der Waals surface area (Å²) in [5.41, 5.74) is 11.2. The van der Waals surface area contributed by atoms with Crippen molar-refractivity contribution in [2.75, 3.05) is 11.9 Å². The van der Waals surface area contributed by atoms with Crippen LogP contribution in [-0.4, -0.2) is 12.8 Å². The summed E-state index contributed by atoms with van der Waals surface area (Å²) in [5, 5.41) is 10.4. The molecule has 0 radical (unpaired) electrons. The van der Waals surface area contributed by atoms with E-state index in [0.29, 0.717) is 6.54 Å². The van der Waals surface area contributed by atoms with Gasteiger partial charge in [0.25, 0.3) is 0 Å². The number of hydrogen-bond donors (Lipinski definition) is 3. The van der Waals surface area contributed by atoms with Crippen LogP contribution in [0.15, 0.2) is 66.4 Å². The quantitative estimate of drug-likeness (QED) is 0.546. The molecule has 0 amide bonds. The highest BCUT2D eigenvalue weighted by atomic mass is 14.8. The first-order chi connectivity index (χ1) is 10.3. The molecule has 0 spiro atoms. The zero-order chi connectivity index (χ0) is 15.1. The van der Waals surface area contributed by atoms with Gasteiger partial charge in [0, 0.05) is 30.2 Å². The molecular formula is C18H21N3. The van der Waals surface area contributed by atoms with E-state index in [1.165, 1.54) is 22.9 Å². The lowest BCUT2D eigenvalue weighted by atomic mass is 9.93. The Labute approximate surface area is 126 Å². The molecular weight excluding hydrogens is 258 g/mol. The molecule has 1 aromatic rings. The molecule has 2 rings (SSSR count). The van der Waals surface area contributed by atoms with E-state index in [1.54, 1.807) is 12.3 Å². The average molecular weight is 279 g/mol. The number of anilines is 1. The molecule has 0 saturated heterocycles. The van der Waals surface area contributed by atoms with Crippen molar-refractivity contribution in [2.45, 2.75) is 12.8 Å². The van der Waals surface area contributed by atoms with Gasteiger partial charge in [-0.2, -0.15) is 0 Å². The molecule has 0 unspecified atom stereocenters. The molecule has 0 atom stereocenters. The minimum atomic E-state index is 0.589. The van der Waals surface area contributed by atoms with Crippen molar-refractivity contribution in [3.63, 3.8) is 0 Å². The average Bonchev–Trinajstić information content (AvgIpc) is 2.56. The Morgan fingerprint density at radius 1 is 1.43 bits per heavy atom. The van der Waals surface area contributed by atoms with Crippen molar-refractivity contribution in [2.24, 2.45) is 5.73 Å². The van der Waals surface area contributed by atoms with Gasteiger partial charge in [-0.3, -0.25) is 0 Å². The Kier molecular flexibility index (Phi) is 5.29. The van der Waals surface area contributed by atoms with Gasteiger partial charge < -0.3 is 16.5 Å². The van der Waals surface area contributed by atoms with Crippen LogP contribution in [0.25, 0.3) is 5.57 Å². The number of allylic oxidation sites excluding steroid dienone is 4. The van der Waals surface area contributed by atoms with Crippen LogP contribution in [0.2, 0.25) is 0 Å². The Morgan fingerprint density at radius 3 is 3.00 bits per heavy atom. The lowest BCUT2D eigenvalue weighted by Gasteiger charge is -2.14. The zero-order valence-electron chi connectivity index (χ0n) is 12.1. The molecule has 108 valence electrons. The summed E-state index contributed by atoms with van der Waals surface area (Å²) in [7, 11) is 0. The van der Waals surface area contributed by atoms with Gasteiger partial charge in [0.2, 0.25) is 0 Å². The largest absolute Gasteiger partial charge is 0.361 e. The maximum absolute atomic E-state index is 7.24. The van der Waals surface area contributed by atoms with Gasteiger partial charge >= 0.3 is 0 Å². The molecule has 3 heteroatoms. The van der Waals surface area contributed by atoms with Gasteiger partial charge in [0.1, 0.15) is 0 Å². The van der Waals surface area contributed by atoms with Gasteiger partial charge in [-0.15, -0.1) is 0 Å². The molecule has 0 aromatic heterocycles. The van der Waals surface area contributed by atoms with Gasteiger partial charge in [0.15, 0.2) is 0 Å². The van der Waals surface area contributed by atoms with E-state index in [2.05, 4.69) is 36.2 Å². The fourth-order valence-electron chi connectivity index (χ4n) is 2.27. The van der Waals surface area contributed by atoms with Crippen molar-refractivity contribution < 1.29 is 0 Å². The summed E-state index contributed by atoms with van der Waals surface area (Å²) in [6.45, 7) is 4.26. The topological polar surface area (TPSA) is 61.9 Å². The molecule has 0 fully saturated rings. The predicted molar refractivity (Wildman–Crippen MR) is 91.5 cm³/mol. The number of nitrogens with one attached hydrogen (secondary N) is 2. The first-order valence-electron chi connectivity index (χ1n) is 7.06. The van der Waals surface area contributed by atoms with Gasteiger partial charge in [-0.1, -0.05) is 36.9 Å². The standard InChI is InChI=1S/C18H21N3/c1-2-14(11-19)13-21-18-8-4-7-17(10-18)16-6-3-5-15(9-16)12-20/h2,4-5,7-11,13,19,21H,1,3,6,12,20H2/b14-13-,19-11?. The highest BCUT2D eigenvalue weighted by Crippen LogP contribution is 2.27. The van der Waals surface area contributed by atoms with Crippen LogP contribution >= 0.6 is 0 Å². The van der Waals surface area contributed by atoms with Gasteiger partial charge in [0.05, 0.1) is 0 Å². The molecule has 0 saturated carbocycles. The summed E-state index contributed by atoms with van der Waals surface area (Å²) in [6, 6.07) is 8.27. The molecule has 0 aliphatic heterocycles. The third kappa shape index (κ3) is 4.04. The lowest BCUT2D eigenvalue weighted by Crippen LogP contribution is -2.04. The highest BCUT2D eigenvalue weighted by molar-refractivity contribution is 5.80. The first kappa shape index (κ1) is 15.0. The normalized spacial score (nSPS) is 15.0. The van der Waals surface area contributed by atoms with Crippen molar-refractivity contribution >= 4 is 17.5 Å². The van der Waals surface area contributed by atoms with Gasteiger partial charge in [-0.25, -0.2) is 0 Å². The van der Waals surface area contributed by atoms with Crippen molar-refractivity contribution in [1.82, 2.24) is 0 Å².